The van der Waals surface area contributed by atoms with Crippen LogP contribution in [0.1, 0.15) is 21.6 Å². The lowest BCUT2D eigenvalue weighted by Gasteiger charge is -2.27. The van der Waals surface area contributed by atoms with Gasteiger partial charge in [-0.2, -0.15) is 0 Å². The number of hydrogen-bond acceptors (Lipinski definition) is 4. The van der Waals surface area contributed by atoms with E-state index in [1.165, 1.54) is 19.2 Å². The van der Waals surface area contributed by atoms with Crippen LogP contribution in [-0.4, -0.2) is 42.0 Å². The summed E-state index contributed by atoms with van der Waals surface area (Å²) in [6.45, 7) is 0.684. The predicted molar refractivity (Wildman–Crippen MR) is 108 cm³/mol. The molecule has 2 heterocycles. The number of ether oxygens (including phenoxy) is 2. The number of nitrogens with one attached hydrogen (secondary N) is 1. The Labute approximate surface area is 174 Å². The van der Waals surface area contributed by atoms with Gasteiger partial charge in [-0.3, -0.25) is 4.79 Å². The molecule has 1 N–H and O–H groups in total. The standard InChI is InChI=1S/C21H18BrFN2O4/c1-28-21(27)12-2-4-17-14(8-12)15-10-25(7-6-18(15)24-17)20(26)11-29-19-5-3-13(22)9-16(19)23/h2-5,8-9,24H,6-7,10-11H2,1H3. The lowest BCUT2D eigenvalue weighted by molar-refractivity contribution is -0.134. The molecule has 0 unspecified atom stereocenters. The Morgan fingerprint density at radius 1 is 1.24 bits per heavy atom. The van der Waals surface area contributed by atoms with Gasteiger partial charge in [0.2, 0.25) is 0 Å². The van der Waals surface area contributed by atoms with E-state index in [0.29, 0.717) is 29.5 Å². The molecule has 0 saturated heterocycles. The number of halogens is 2. The van der Waals surface area contributed by atoms with Crippen LogP contribution < -0.4 is 4.74 Å². The first-order chi connectivity index (χ1) is 14.0. The van der Waals surface area contributed by atoms with Crippen LogP contribution >= 0.6 is 15.9 Å². The van der Waals surface area contributed by atoms with Gasteiger partial charge < -0.3 is 19.4 Å². The van der Waals surface area contributed by atoms with E-state index in [2.05, 4.69) is 20.9 Å². The third kappa shape index (κ3) is 3.85. The third-order valence-corrected chi connectivity index (χ3v) is 5.49. The summed E-state index contributed by atoms with van der Waals surface area (Å²) < 4.78 is 24.6. The molecule has 0 saturated carbocycles. The molecule has 2 aromatic carbocycles. The number of methoxy groups -OCH3 is 1. The lowest BCUT2D eigenvalue weighted by atomic mass is 10.0. The van der Waals surface area contributed by atoms with Crippen LogP contribution in [0.3, 0.4) is 0 Å². The molecule has 150 valence electrons. The maximum absolute atomic E-state index is 13.9. The number of nitrogens with zero attached hydrogens (tertiary/aromatic N) is 1. The number of esters is 1. The zero-order chi connectivity index (χ0) is 20.5. The van der Waals surface area contributed by atoms with Crippen molar-refractivity contribution in [3.05, 3.63) is 63.5 Å². The van der Waals surface area contributed by atoms with Crippen molar-refractivity contribution in [2.45, 2.75) is 13.0 Å². The topological polar surface area (TPSA) is 71.6 Å². The van der Waals surface area contributed by atoms with Crippen LogP contribution in [0.2, 0.25) is 0 Å². The molecule has 6 nitrogen and oxygen atoms in total. The second-order valence-corrected chi connectivity index (χ2v) is 7.68. The maximum Gasteiger partial charge on any atom is 0.337 e. The Bertz CT molecular complexity index is 1110. The van der Waals surface area contributed by atoms with E-state index in [0.717, 1.165) is 22.2 Å². The molecule has 1 aliphatic rings. The van der Waals surface area contributed by atoms with E-state index < -0.39 is 11.8 Å². The molecule has 0 fully saturated rings. The summed E-state index contributed by atoms with van der Waals surface area (Å²) in [5.41, 5.74) is 3.38. The summed E-state index contributed by atoms with van der Waals surface area (Å²) in [7, 11) is 1.34. The third-order valence-electron chi connectivity index (χ3n) is 4.99. The van der Waals surface area contributed by atoms with Gasteiger partial charge in [0.1, 0.15) is 0 Å². The fraction of sp³-hybridized carbons (Fsp3) is 0.238. The molecule has 0 aliphatic carbocycles. The number of amides is 1. The summed E-state index contributed by atoms with van der Waals surface area (Å²) in [5.74, 6) is -1.12. The zero-order valence-electron chi connectivity index (χ0n) is 15.6. The normalized spacial score (nSPS) is 13.3. The minimum absolute atomic E-state index is 0.0362. The average Bonchev–Trinajstić information content (AvgIpc) is 3.09. The largest absolute Gasteiger partial charge is 0.481 e. The number of hydrogen-bond donors (Lipinski definition) is 1. The Morgan fingerprint density at radius 2 is 2.07 bits per heavy atom. The molecule has 0 atom stereocenters. The minimum atomic E-state index is -0.528. The van der Waals surface area contributed by atoms with Crippen LogP contribution in [-0.2, 0) is 22.5 Å². The summed E-state index contributed by atoms with van der Waals surface area (Å²) >= 11 is 3.19. The van der Waals surface area contributed by atoms with E-state index in [1.54, 1.807) is 23.1 Å². The first-order valence-electron chi connectivity index (χ1n) is 9.03. The lowest BCUT2D eigenvalue weighted by Crippen LogP contribution is -2.38. The van der Waals surface area contributed by atoms with Gasteiger partial charge >= 0.3 is 5.97 Å². The van der Waals surface area contributed by atoms with Crippen LogP contribution in [0, 0.1) is 5.82 Å². The van der Waals surface area contributed by atoms with Gasteiger partial charge in [0.25, 0.3) is 5.91 Å². The molecule has 29 heavy (non-hydrogen) atoms. The number of rotatable bonds is 4. The zero-order valence-corrected chi connectivity index (χ0v) is 17.2. The van der Waals surface area contributed by atoms with Crippen LogP contribution in [0.15, 0.2) is 40.9 Å². The van der Waals surface area contributed by atoms with E-state index in [-0.39, 0.29) is 18.3 Å². The Hall–Kier alpha value is -2.87. The molecule has 0 radical (unpaired) electrons. The van der Waals surface area contributed by atoms with Crippen molar-refractivity contribution in [2.75, 3.05) is 20.3 Å². The number of benzene rings is 2. The number of aromatic amines is 1. The second kappa shape index (κ2) is 7.87. The fourth-order valence-corrected chi connectivity index (χ4v) is 3.83. The smallest absolute Gasteiger partial charge is 0.337 e. The molecule has 1 aromatic heterocycles. The van der Waals surface area contributed by atoms with Gasteiger partial charge in [-0.25, -0.2) is 9.18 Å². The molecule has 8 heteroatoms. The molecule has 0 bridgehead atoms. The maximum atomic E-state index is 13.9. The van der Waals surface area contributed by atoms with E-state index in [9.17, 15) is 14.0 Å². The predicted octanol–water partition coefficient (Wildman–Crippen LogP) is 3.82. The van der Waals surface area contributed by atoms with E-state index in [4.69, 9.17) is 9.47 Å². The Morgan fingerprint density at radius 3 is 2.83 bits per heavy atom. The van der Waals surface area contributed by atoms with Crippen molar-refractivity contribution in [2.24, 2.45) is 0 Å². The Kier molecular flexibility index (Phi) is 5.27. The van der Waals surface area contributed by atoms with Gasteiger partial charge in [-0.05, 0) is 36.4 Å². The van der Waals surface area contributed by atoms with Gasteiger partial charge in [0.15, 0.2) is 18.2 Å². The SMILES string of the molecule is COC(=O)c1ccc2[nH]c3c(c2c1)CN(C(=O)COc1ccc(Br)cc1F)CC3. The summed E-state index contributed by atoms with van der Waals surface area (Å²) in [4.78, 5) is 29.5. The molecule has 3 aromatic rings. The molecule has 1 aliphatic heterocycles. The van der Waals surface area contributed by atoms with E-state index >= 15 is 0 Å². The van der Waals surface area contributed by atoms with Crippen LogP contribution in [0.4, 0.5) is 4.39 Å². The average molecular weight is 461 g/mol. The highest BCUT2D eigenvalue weighted by atomic mass is 79.9. The number of fused-ring (bicyclic) bond motifs is 3. The monoisotopic (exact) mass is 460 g/mol. The van der Waals surface area contributed by atoms with Crippen LogP contribution in [0.5, 0.6) is 5.75 Å². The van der Waals surface area contributed by atoms with Crippen molar-refractivity contribution in [1.29, 1.82) is 0 Å². The summed E-state index contributed by atoms with van der Waals surface area (Å²) in [6.07, 6.45) is 0.663. The molecule has 4 rings (SSSR count). The fourth-order valence-electron chi connectivity index (χ4n) is 3.49. The number of carbonyl (C=O) groups excluding carboxylic acids is 2. The van der Waals surface area contributed by atoms with Gasteiger partial charge in [0, 0.05) is 46.1 Å². The molecular formula is C21H18BrFN2O4. The van der Waals surface area contributed by atoms with Crippen molar-refractivity contribution in [3.8, 4) is 5.75 Å². The quantitative estimate of drug-likeness (QED) is 0.600. The highest BCUT2D eigenvalue weighted by molar-refractivity contribution is 9.10. The minimum Gasteiger partial charge on any atom is -0.481 e. The van der Waals surface area contributed by atoms with Crippen molar-refractivity contribution in [3.63, 3.8) is 0 Å². The van der Waals surface area contributed by atoms with Gasteiger partial charge in [-0.1, -0.05) is 15.9 Å². The van der Waals surface area contributed by atoms with Crippen molar-refractivity contribution in [1.82, 2.24) is 9.88 Å². The van der Waals surface area contributed by atoms with E-state index in [1.807, 2.05) is 6.07 Å². The highest BCUT2D eigenvalue weighted by Crippen LogP contribution is 2.29. The van der Waals surface area contributed by atoms with Crippen molar-refractivity contribution >= 4 is 38.7 Å². The highest BCUT2D eigenvalue weighted by Gasteiger charge is 2.25. The first-order valence-corrected chi connectivity index (χ1v) is 9.83. The number of aromatic nitrogens is 1. The van der Waals surface area contributed by atoms with Gasteiger partial charge in [-0.15, -0.1) is 0 Å². The molecule has 0 spiro atoms. The summed E-state index contributed by atoms with van der Waals surface area (Å²) in [5, 5.41) is 0.889. The summed E-state index contributed by atoms with van der Waals surface area (Å²) in [6, 6.07) is 9.75. The molecular weight excluding hydrogens is 443 g/mol. The number of H-pyrrole nitrogens is 1. The number of carbonyl (C=O) groups is 2. The van der Waals surface area contributed by atoms with Gasteiger partial charge in [0.05, 0.1) is 12.7 Å². The molecule has 1 amide bonds. The van der Waals surface area contributed by atoms with Crippen molar-refractivity contribution < 1.29 is 23.5 Å². The second-order valence-electron chi connectivity index (χ2n) is 6.76. The first kappa shape index (κ1) is 19.4. The van der Waals surface area contributed by atoms with Crippen LogP contribution in [0.25, 0.3) is 10.9 Å². The Balaban J connectivity index is 1.51.